The summed E-state index contributed by atoms with van der Waals surface area (Å²) in [7, 11) is 0. The predicted molar refractivity (Wildman–Crippen MR) is 58.5 cm³/mol. The van der Waals surface area contributed by atoms with Crippen LogP contribution in [-0.4, -0.2) is 24.1 Å². The first kappa shape index (κ1) is 10.6. The smallest absolute Gasteiger partial charge is 0.194 e. The molecule has 0 bridgehead atoms. The van der Waals surface area contributed by atoms with Gasteiger partial charge < -0.3 is 15.5 Å². The van der Waals surface area contributed by atoms with E-state index in [0.717, 1.165) is 37.6 Å². The van der Waals surface area contributed by atoms with E-state index in [1.54, 1.807) is 6.20 Å². The van der Waals surface area contributed by atoms with Crippen molar-refractivity contribution in [2.45, 2.75) is 32.2 Å². The Kier molecular flexibility index (Phi) is 3.38. The van der Waals surface area contributed by atoms with Crippen LogP contribution in [0.4, 0.5) is 0 Å². The zero-order valence-corrected chi connectivity index (χ0v) is 9.20. The van der Waals surface area contributed by atoms with Gasteiger partial charge in [0.1, 0.15) is 5.76 Å². The summed E-state index contributed by atoms with van der Waals surface area (Å²) >= 11 is 0. The Hall–Kier alpha value is -0.870. The fourth-order valence-corrected chi connectivity index (χ4v) is 1.99. The second-order valence-corrected chi connectivity index (χ2v) is 4.46. The summed E-state index contributed by atoms with van der Waals surface area (Å²) in [5.41, 5.74) is 5.70. The fourth-order valence-electron chi connectivity index (χ4n) is 1.99. The maximum absolute atomic E-state index is 5.70. The van der Waals surface area contributed by atoms with Crippen LogP contribution < -0.4 is 11.1 Å². The lowest BCUT2D eigenvalue weighted by atomic mass is 10.1. The molecule has 1 aliphatic rings. The van der Waals surface area contributed by atoms with E-state index in [1.807, 2.05) is 6.92 Å². The molecule has 2 rings (SSSR count). The van der Waals surface area contributed by atoms with Gasteiger partial charge in [-0.05, 0) is 32.4 Å². The highest BCUT2D eigenvalue weighted by atomic mass is 16.4. The van der Waals surface area contributed by atoms with Gasteiger partial charge in [0.05, 0.1) is 6.20 Å². The SMILES string of the molecule is CC(N)Cc1cnc(CC2CCNC2)o1. The van der Waals surface area contributed by atoms with Crippen molar-refractivity contribution in [2.24, 2.45) is 11.7 Å². The van der Waals surface area contributed by atoms with Crippen LogP contribution in [-0.2, 0) is 12.8 Å². The summed E-state index contributed by atoms with van der Waals surface area (Å²) in [4.78, 5) is 4.28. The third-order valence-corrected chi connectivity index (χ3v) is 2.75. The molecule has 84 valence electrons. The van der Waals surface area contributed by atoms with Crippen LogP contribution in [0.25, 0.3) is 0 Å². The van der Waals surface area contributed by atoms with Crippen LogP contribution in [0.5, 0.6) is 0 Å². The summed E-state index contributed by atoms with van der Waals surface area (Å²) in [6.07, 6.45) is 4.76. The summed E-state index contributed by atoms with van der Waals surface area (Å²) in [5.74, 6) is 2.46. The lowest BCUT2D eigenvalue weighted by Crippen LogP contribution is -2.17. The van der Waals surface area contributed by atoms with Crippen molar-refractivity contribution in [3.63, 3.8) is 0 Å². The fraction of sp³-hybridized carbons (Fsp3) is 0.727. The van der Waals surface area contributed by atoms with Gasteiger partial charge in [-0.15, -0.1) is 0 Å². The zero-order chi connectivity index (χ0) is 10.7. The molecule has 1 saturated heterocycles. The highest BCUT2D eigenvalue weighted by Crippen LogP contribution is 2.15. The molecule has 1 fully saturated rings. The largest absolute Gasteiger partial charge is 0.446 e. The van der Waals surface area contributed by atoms with Crippen LogP contribution >= 0.6 is 0 Å². The number of hydrogen-bond acceptors (Lipinski definition) is 4. The first-order valence-corrected chi connectivity index (χ1v) is 5.64. The average Bonchev–Trinajstić information content (AvgIpc) is 2.77. The third kappa shape index (κ3) is 3.04. The quantitative estimate of drug-likeness (QED) is 0.767. The molecule has 3 N–H and O–H groups in total. The van der Waals surface area contributed by atoms with Crippen LogP contribution in [0, 0.1) is 5.92 Å². The van der Waals surface area contributed by atoms with Gasteiger partial charge in [0.2, 0.25) is 0 Å². The third-order valence-electron chi connectivity index (χ3n) is 2.75. The van der Waals surface area contributed by atoms with Gasteiger partial charge in [-0.1, -0.05) is 0 Å². The number of aromatic nitrogens is 1. The van der Waals surface area contributed by atoms with Gasteiger partial charge in [0.15, 0.2) is 5.89 Å². The van der Waals surface area contributed by atoms with E-state index in [4.69, 9.17) is 10.2 Å². The van der Waals surface area contributed by atoms with E-state index in [2.05, 4.69) is 10.3 Å². The molecule has 4 nitrogen and oxygen atoms in total. The Balaban J connectivity index is 1.88. The van der Waals surface area contributed by atoms with Crippen molar-refractivity contribution in [3.8, 4) is 0 Å². The van der Waals surface area contributed by atoms with Crippen LogP contribution in [0.2, 0.25) is 0 Å². The van der Waals surface area contributed by atoms with Crippen LogP contribution in [0.1, 0.15) is 25.0 Å². The monoisotopic (exact) mass is 209 g/mol. The van der Waals surface area contributed by atoms with Gasteiger partial charge in [-0.3, -0.25) is 0 Å². The van der Waals surface area contributed by atoms with Gasteiger partial charge in [0, 0.05) is 18.9 Å². The van der Waals surface area contributed by atoms with Crippen molar-refractivity contribution in [1.82, 2.24) is 10.3 Å². The summed E-state index contributed by atoms with van der Waals surface area (Å²) in [5, 5.41) is 3.34. The minimum absolute atomic E-state index is 0.138. The minimum Gasteiger partial charge on any atom is -0.446 e. The Labute approximate surface area is 90.2 Å². The molecule has 1 aliphatic heterocycles. The van der Waals surface area contributed by atoms with E-state index in [-0.39, 0.29) is 6.04 Å². The molecular formula is C11H19N3O. The molecule has 1 aromatic rings. The molecule has 0 amide bonds. The Morgan fingerprint density at radius 3 is 3.27 bits per heavy atom. The highest BCUT2D eigenvalue weighted by Gasteiger charge is 2.17. The van der Waals surface area contributed by atoms with Gasteiger partial charge >= 0.3 is 0 Å². The number of oxazole rings is 1. The van der Waals surface area contributed by atoms with Crippen LogP contribution in [0.3, 0.4) is 0 Å². The summed E-state index contributed by atoms with van der Waals surface area (Å²) in [6.45, 7) is 4.19. The molecule has 2 unspecified atom stereocenters. The number of hydrogen-bond donors (Lipinski definition) is 2. The molecule has 1 aromatic heterocycles. The van der Waals surface area contributed by atoms with E-state index in [1.165, 1.54) is 6.42 Å². The molecule has 0 aliphatic carbocycles. The standard InChI is InChI=1S/C11H19N3O/c1-8(12)4-10-7-14-11(15-10)5-9-2-3-13-6-9/h7-9,13H,2-6,12H2,1H3. The van der Waals surface area contributed by atoms with E-state index in [0.29, 0.717) is 5.92 Å². The Bertz CT molecular complexity index is 303. The second kappa shape index (κ2) is 4.77. The molecule has 0 aromatic carbocycles. The van der Waals surface area contributed by atoms with Crippen LogP contribution in [0.15, 0.2) is 10.6 Å². The van der Waals surface area contributed by atoms with Gasteiger partial charge in [-0.2, -0.15) is 0 Å². The maximum Gasteiger partial charge on any atom is 0.194 e. The number of nitrogens with two attached hydrogens (primary N) is 1. The van der Waals surface area contributed by atoms with E-state index in [9.17, 15) is 0 Å². The topological polar surface area (TPSA) is 64.1 Å². The van der Waals surface area contributed by atoms with E-state index < -0.39 is 0 Å². The second-order valence-electron chi connectivity index (χ2n) is 4.46. The number of nitrogens with one attached hydrogen (secondary N) is 1. The molecule has 4 heteroatoms. The number of nitrogens with zero attached hydrogens (tertiary/aromatic N) is 1. The summed E-state index contributed by atoms with van der Waals surface area (Å²) < 4.78 is 5.64. The Morgan fingerprint density at radius 2 is 2.60 bits per heavy atom. The molecule has 0 spiro atoms. The van der Waals surface area contributed by atoms with Crippen molar-refractivity contribution in [2.75, 3.05) is 13.1 Å². The normalized spacial score (nSPS) is 23.2. The molecule has 0 saturated carbocycles. The van der Waals surface area contributed by atoms with Crippen molar-refractivity contribution in [1.29, 1.82) is 0 Å². The first-order chi connectivity index (χ1) is 7.24. The average molecular weight is 209 g/mol. The van der Waals surface area contributed by atoms with Gasteiger partial charge in [-0.25, -0.2) is 4.98 Å². The van der Waals surface area contributed by atoms with Crippen molar-refractivity contribution >= 4 is 0 Å². The number of rotatable bonds is 4. The molecule has 2 heterocycles. The highest BCUT2D eigenvalue weighted by molar-refractivity contribution is 4.97. The first-order valence-electron chi connectivity index (χ1n) is 5.64. The molecular weight excluding hydrogens is 190 g/mol. The minimum atomic E-state index is 0.138. The zero-order valence-electron chi connectivity index (χ0n) is 9.20. The predicted octanol–water partition coefficient (Wildman–Crippen LogP) is 0.716. The summed E-state index contributed by atoms with van der Waals surface area (Å²) in [6, 6.07) is 0.138. The Morgan fingerprint density at radius 1 is 1.73 bits per heavy atom. The lowest BCUT2D eigenvalue weighted by Gasteiger charge is -2.03. The lowest BCUT2D eigenvalue weighted by molar-refractivity contribution is 0.411. The van der Waals surface area contributed by atoms with Crippen molar-refractivity contribution < 1.29 is 4.42 Å². The van der Waals surface area contributed by atoms with Crippen molar-refractivity contribution in [3.05, 3.63) is 17.8 Å². The van der Waals surface area contributed by atoms with Gasteiger partial charge in [0.25, 0.3) is 0 Å². The van der Waals surface area contributed by atoms with E-state index >= 15 is 0 Å². The molecule has 15 heavy (non-hydrogen) atoms. The molecule has 2 atom stereocenters. The molecule has 0 radical (unpaired) electrons. The maximum atomic E-state index is 5.70.